The number of rotatable bonds is 5. The van der Waals surface area contributed by atoms with Gasteiger partial charge in [-0.05, 0) is 54.1 Å². The molecule has 1 heterocycles. The lowest BCUT2D eigenvalue weighted by atomic mass is 10.1. The van der Waals surface area contributed by atoms with Crippen molar-refractivity contribution < 1.29 is 37.2 Å². The minimum absolute atomic E-state index is 0.0260. The minimum Gasteiger partial charge on any atom is -0.449 e. The van der Waals surface area contributed by atoms with E-state index >= 15 is 0 Å². The Morgan fingerprint density at radius 2 is 1.62 bits per heavy atom. The average molecular weight is 601 g/mol. The summed E-state index contributed by atoms with van der Waals surface area (Å²) in [6.07, 6.45) is -3.69. The zero-order chi connectivity index (χ0) is 28.6. The molecule has 1 aliphatic rings. The summed E-state index contributed by atoms with van der Waals surface area (Å²) >= 11 is 18.2. The van der Waals surface area contributed by atoms with Gasteiger partial charge in [0.1, 0.15) is 11.3 Å². The zero-order valence-corrected chi connectivity index (χ0v) is 21.2. The Kier molecular flexibility index (Phi) is 7.55. The highest BCUT2D eigenvalue weighted by Gasteiger charge is 2.38. The van der Waals surface area contributed by atoms with E-state index in [1.54, 1.807) is 0 Å². The Balaban J connectivity index is 1.64. The molecule has 15 heteroatoms. The van der Waals surface area contributed by atoms with Crippen molar-refractivity contribution in [2.45, 2.75) is 6.18 Å². The van der Waals surface area contributed by atoms with Crippen molar-refractivity contribution in [1.29, 1.82) is 0 Å². The first kappa shape index (κ1) is 27.9. The van der Waals surface area contributed by atoms with Crippen molar-refractivity contribution in [3.8, 4) is 11.5 Å². The van der Waals surface area contributed by atoms with Crippen LogP contribution in [0.4, 0.5) is 29.3 Å². The SMILES string of the molecule is O=C1NC(=O)N(c2ccc(Cl)cc2Cl)C(=O)/C1=C\c1ccc(Oc2ccc(C(F)(F)F)cc2[N+](=O)[O-])c(Cl)c1. The van der Waals surface area contributed by atoms with Gasteiger partial charge in [-0.2, -0.15) is 13.2 Å². The molecule has 0 bridgehead atoms. The van der Waals surface area contributed by atoms with E-state index in [2.05, 4.69) is 0 Å². The molecular weight excluding hydrogens is 590 g/mol. The number of alkyl halides is 3. The number of nitrogens with one attached hydrogen (secondary N) is 1. The fourth-order valence-electron chi connectivity index (χ4n) is 3.44. The number of carbonyl (C=O) groups is 3. The molecule has 1 saturated heterocycles. The van der Waals surface area contributed by atoms with Gasteiger partial charge in [0.05, 0.1) is 26.2 Å². The molecule has 0 radical (unpaired) electrons. The topological polar surface area (TPSA) is 119 Å². The number of benzene rings is 3. The van der Waals surface area contributed by atoms with Gasteiger partial charge in [0, 0.05) is 11.1 Å². The molecule has 0 saturated carbocycles. The minimum atomic E-state index is -4.81. The molecule has 0 unspecified atom stereocenters. The molecule has 1 aliphatic heterocycles. The molecule has 1 N–H and O–H groups in total. The van der Waals surface area contributed by atoms with Gasteiger partial charge in [-0.3, -0.25) is 25.0 Å². The van der Waals surface area contributed by atoms with E-state index in [0.717, 1.165) is 12.1 Å². The Labute approximate surface area is 231 Å². The van der Waals surface area contributed by atoms with Crippen molar-refractivity contribution in [3.63, 3.8) is 0 Å². The predicted octanol–water partition coefficient (Wildman–Crippen LogP) is 7.03. The van der Waals surface area contributed by atoms with E-state index in [1.807, 2.05) is 5.32 Å². The van der Waals surface area contributed by atoms with Crippen LogP contribution in [0.2, 0.25) is 15.1 Å². The van der Waals surface area contributed by atoms with E-state index in [-0.39, 0.29) is 32.1 Å². The maximum atomic E-state index is 13.1. The molecule has 1 fully saturated rings. The fourth-order valence-corrected chi connectivity index (χ4v) is 4.16. The second kappa shape index (κ2) is 10.6. The summed E-state index contributed by atoms with van der Waals surface area (Å²) < 4.78 is 44.2. The molecule has 0 aliphatic carbocycles. The smallest absolute Gasteiger partial charge is 0.416 e. The predicted molar refractivity (Wildman–Crippen MR) is 135 cm³/mol. The molecular formula is C24H11Cl3F3N3O6. The van der Waals surface area contributed by atoms with Crippen LogP contribution in [0.5, 0.6) is 11.5 Å². The van der Waals surface area contributed by atoms with Gasteiger partial charge >= 0.3 is 17.9 Å². The number of hydrogen-bond donors (Lipinski definition) is 1. The Morgan fingerprint density at radius 1 is 0.923 bits per heavy atom. The highest BCUT2D eigenvalue weighted by atomic mass is 35.5. The first-order valence-corrected chi connectivity index (χ1v) is 11.6. The summed E-state index contributed by atoms with van der Waals surface area (Å²) in [6, 6.07) is 8.48. The van der Waals surface area contributed by atoms with Crippen molar-refractivity contribution in [1.82, 2.24) is 5.32 Å². The number of carbonyl (C=O) groups excluding carboxylic acids is 3. The third-order valence-corrected chi connectivity index (χ3v) is 6.06. The number of anilines is 1. The summed E-state index contributed by atoms with van der Waals surface area (Å²) in [4.78, 5) is 48.8. The fraction of sp³-hybridized carbons (Fsp3) is 0.0417. The normalized spacial score (nSPS) is 15.0. The number of imide groups is 2. The van der Waals surface area contributed by atoms with Crippen LogP contribution in [0.25, 0.3) is 6.08 Å². The van der Waals surface area contributed by atoms with Crippen LogP contribution in [0.1, 0.15) is 11.1 Å². The Bertz CT molecular complexity index is 1590. The molecule has 4 amide bonds. The van der Waals surface area contributed by atoms with Gasteiger partial charge in [0.2, 0.25) is 5.75 Å². The Morgan fingerprint density at radius 3 is 2.23 bits per heavy atom. The van der Waals surface area contributed by atoms with Crippen LogP contribution in [0.15, 0.2) is 60.2 Å². The summed E-state index contributed by atoms with van der Waals surface area (Å²) in [5.41, 5.74) is -2.48. The van der Waals surface area contributed by atoms with Crippen LogP contribution in [-0.2, 0) is 15.8 Å². The molecule has 3 aromatic carbocycles. The maximum Gasteiger partial charge on any atom is 0.416 e. The van der Waals surface area contributed by atoms with E-state index in [1.165, 1.54) is 36.4 Å². The van der Waals surface area contributed by atoms with Crippen LogP contribution in [-0.4, -0.2) is 22.8 Å². The number of nitrogens with zero attached hydrogens (tertiary/aromatic N) is 2. The number of nitro benzene ring substituents is 1. The van der Waals surface area contributed by atoms with Gasteiger partial charge in [0.25, 0.3) is 11.8 Å². The van der Waals surface area contributed by atoms with Crippen LogP contribution in [0, 0.1) is 10.1 Å². The largest absolute Gasteiger partial charge is 0.449 e. The highest BCUT2D eigenvalue weighted by Crippen LogP contribution is 2.40. The molecule has 0 atom stereocenters. The number of amides is 4. The lowest BCUT2D eigenvalue weighted by molar-refractivity contribution is -0.385. The molecule has 3 aromatic rings. The Hall–Kier alpha value is -4.13. The number of hydrogen-bond acceptors (Lipinski definition) is 6. The standard InChI is InChI=1S/C24H11Cl3F3N3O6/c25-13-3-4-17(15(26)10-13)32-22(35)14(21(34)31-23(32)36)7-11-1-5-19(16(27)8-11)39-20-6-2-12(24(28,29)30)9-18(20)33(37)38/h1-10H,(H,31,34,36)/b14-7-. The quantitative estimate of drug-likeness (QED) is 0.145. The highest BCUT2D eigenvalue weighted by molar-refractivity contribution is 6.42. The van der Waals surface area contributed by atoms with E-state index < -0.39 is 51.5 Å². The average Bonchev–Trinajstić information content (AvgIpc) is 2.84. The molecule has 200 valence electrons. The zero-order valence-electron chi connectivity index (χ0n) is 18.9. The van der Waals surface area contributed by atoms with Gasteiger partial charge in [-0.1, -0.05) is 40.9 Å². The number of halogens is 6. The second-order valence-electron chi connectivity index (χ2n) is 7.78. The van der Waals surface area contributed by atoms with Crippen molar-refractivity contribution in [2.24, 2.45) is 0 Å². The van der Waals surface area contributed by atoms with Gasteiger partial charge in [-0.15, -0.1) is 0 Å². The van der Waals surface area contributed by atoms with E-state index in [9.17, 15) is 37.7 Å². The number of urea groups is 1. The summed E-state index contributed by atoms with van der Waals surface area (Å²) in [5.74, 6) is -2.66. The van der Waals surface area contributed by atoms with Gasteiger partial charge in [0.15, 0.2) is 0 Å². The van der Waals surface area contributed by atoms with Crippen molar-refractivity contribution >= 4 is 70.1 Å². The molecule has 9 nitrogen and oxygen atoms in total. The van der Waals surface area contributed by atoms with Crippen molar-refractivity contribution in [2.75, 3.05) is 4.90 Å². The number of nitro groups is 1. The summed E-state index contributed by atoms with van der Waals surface area (Å²) in [7, 11) is 0. The second-order valence-corrected chi connectivity index (χ2v) is 9.03. The third kappa shape index (κ3) is 5.82. The molecule has 39 heavy (non-hydrogen) atoms. The third-order valence-electron chi connectivity index (χ3n) is 5.22. The molecule has 0 aromatic heterocycles. The summed E-state index contributed by atoms with van der Waals surface area (Å²) in [6.45, 7) is 0. The number of ether oxygens (including phenoxy) is 1. The lowest BCUT2D eigenvalue weighted by Gasteiger charge is -2.27. The van der Waals surface area contributed by atoms with Gasteiger partial charge < -0.3 is 4.74 Å². The monoisotopic (exact) mass is 599 g/mol. The maximum absolute atomic E-state index is 13.1. The van der Waals surface area contributed by atoms with E-state index in [4.69, 9.17) is 39.5 Å². The van der Waals surface area contributed by atoms with Crippen LogP contribution >= 0.6 is 34.8 Å². The van der Waals surface area contributed by atoms with Crippen LogP contribution < -0.4 is 15.0 Å². The lowest BCUT2D eigenvalue weighted by Crippen LogP contribution is -2.54. The van der Waals surface area contributed by atoms with E-state index in [0.29, 0.717) is 17.0 Å². The van der Waals surface area contributed by atoms with Crippen molar-refractivity contribution in [3.05, 3.63) is 96.5 Å². The number of barbiturate groups is 1. The first-order valence-electron chi connectivity index (χ1n) is 10.5. The molecule has 4 rings (SSSR count). The van der Waals surface area contributed by atoms with Crippen LogP contribution in [0.3, 0.4) is 0 Å². The first-order chi connectivity index (χ1) is 18.3. The summed E-state index contributed by atoms with van der Waals surface area (Å²) in [5, 5.41) is 13.4. The molecule has 0 spiro atoms. The van der Waals surface area contributed by atoms with Gasteiger partial charge in [-0.25, -0.2) is 9.69 Å².